The van der Waals surface area contributed by atoms with Crippen LogP contribution in [-0.4, -0.2) is 72.1 Å². The van der Waals surface area contributed by atoms with Crippen LogP contribution in [0.25, 0.3) is 0 Å². The highest BCUT2D eigenvalue weighted by Gasteiger charge is 2.36. The van der Waals surface area contributed by atoms with Crippen molar-refractivity contribution < 1.29 is 52.2 Å². The number of phosphoric acid groups is 1. The van der Waals surface area contributed by atoms with Crippen LogP contribution < -0.4 is 5.73 Å². The molecule has 0 aliphatic carbocycles. The number of carboxylic acids is 1. The van der Waals surface area contributed by atoms with E-state index in [2.05, 4.69) is 91.3 Å². The van der Waals surface area contributed by atoms with E-state index in [1.807, 2.05) is 24.3 Å². The molecular weight excluding hydrogens is 773 g/mol. The quantitative estimate of drug-likeness (QED) is 0.0177. The van der Waals surface area contributed by atoms with Crippen molar-refractivity contribution in [2.45, 2.75) is 154 Å². The van der Waals surface area contributed by atoms with Crippen LogP contribution in [0.3, 0.4) is 0 Å². The summed E-state index contributed by atoms with van der Waals surface area (Å²) in [6.07, 6.45) is 48.1. The summed E-state index contributed by atoms with van der Waals surface area (Å²) < 4.78 is 38.3. The average Bonchev–Trinajstić information content (AvgIpc) is 3.97. The zero-order chi connectivity index (χ0) is 43.2. The Balaban J connectivity index is 2.38. The largest absolute Gasteiger partial charge is 0.480 e. The number of nitrogens with two attached hydrogens (primary N) is 1. The summed E-state index contributed by atoms with van der Waals surface area (Å²) in [4.78, 5) is 45.9. The first-order chi connectivity index (χ1) is 28.6. The Bertz CT molecular complexity index is 1430. The van der Waals surface area contributed by atoms with Crippen molar-refractivity contribution in [3.05, 3.63) is 97.2 Å². The second-order valence-corrected chi connectivity index (χ2v) is 15.6. The Morgan fingerprint density at radius 2 is 1.14 bits per heavy atom. The van der Waals surface area contributed by atoms with E-state index in [-0.39, 0.29) is 12.8 Å². The highest BCUT2D eigenvalue weighted by Crippen LogP contribution is 2.43. The molecule has 0 aromatic heterocycles. The first-order valence-corrected chi connectivity index (χ1v) is 22.9. The van der Waals surface area contributed by atoms with Gasteiger partial charge in [0.2, 0.25) is 0 Å². The van der Waals surface area contributed by atoms with Gasteiger partial charge in [-0.05, 0) is 83.5 Å². The van der Waals surface area contributed by atoms with Crippen LogP contribution in [0.15, 0.2) is 97.2 Å². The molecule has 1 saturated heterocycles. The van der Waals surface area contributed by atoms with Crippen LogP contribution >= 0.6 is 7.82 Å². The topological polar surface area (TPSA) is 184 Å². The summed E-state index contributed by atoms with van der Waals surface area (Å²) in [5, 5.41) is 8.89. The van der Waals surface area contributed by atoms with E-state index in [0.29, 0.717) is 37.9 Å². The lowest BCUT2D eigenvalue weighted by Gasteiger charge is -2.20. The highest BCUT2D eigenvalue weighted by molar-refractivity contribution is 7.47. The Kier molecular flexibility index (Phi) is 32.8. The Morgan fingerprint density at radius 1 is 0.644 bits per heavy atom. The van der Waals surface area contributed by atoms with Crippen LogP contribution in [0.5, 0.6) is 0 Å². The monoisotopic (exact) mass is 845 g/mol. The molecule has 3 unspecified atom stereocenters. The van der Waals surface area contributed by atoms with Gasteiger partial charge in [-0.15, -0.1) is 0 Å². The van der Waals surface area contributed by atoms with Crippen LogP contribution in [-0.2, 0) is 42.2 Å². The molecule has 0 aromatic carbocycles. The molecule has 4 N–H and O–H groups in total. The number of allylic oxidation sites excluding steroid dienone is 15. The highest BCUT2D eigenvalue weighted by atomic mass is 31.2. The van der Waals surface area contributed by atoms with E-state index in [0.717, 1.165) is 51.4 Å². The SMILES string of the molecule is CC/C=C\C/C=C\C/C=C\C/C=C\C/C=C\CCCC(=O)O[C@H](COC(=O)CCC/C=C\C/C=C\C/C=C\CC1OC1CCCCC)COP(=O)(O)OC[C@H](N)C(=O)O. The predicted octanol–water partition coefficient (Wildman–Crippen LogP) is 10.3. The summed E-state index contributed by atoms with van der Waals surface area (Å²) in [7, 11) is -4.75. The molecule has 1 aliphatic rings. The summed E-state index contributed by atoms with van der Waals surface area (Å²) in [5.41, 5.74) is 5.32. The first-order valence-electron chi connectivity index (χ1n) is 21.4. The van der Waals surface area contributed by atoms with Crippen LogP contribution in [0.4, 0.5) is 0 Å². The summed E-state index contributed by atoms with van der Waals surface area (Å²) in [5.74, 6) is -2.55. The minimum absolute atomic E-state index is 0.0627. The Morgan fingerprint density at radius 3 is 1.66 bits per heavy atom. The van der Waals surface area contributed by atoms with E-state index >= 15 is 0 Å². The van der Waals surface area contributed by atoms with E-state index in [9.17, 15) is 23.8 Å². The normalized spacial score (nSPS) is 18.1. The first kappa shape index (κ1) is 53.4. The fraction of sp³-hybridized carbons (Fsp3) is 0.587. The predicted molar refractivity (Wildman–Crippen MR) is 234 cm³/mol. The number of aliphatic carboxylic acids is 1. The molecule has 332 valence electrons. The van der Waals surface area contributed by atoms with E-state index in [4.69, 9.17) is 29.6 Å². The number of carbonyl (C=O) groups is 3. The minimum Gasteiger partial charge on any atom is -0.480 e. The third kappa shape index (κ3) is 33.8. The van der Waals surface area contributed by atoms with Gasteiger partial charge < -0.3 is 29.9 Å². The Hall–Kier alpha value is -3.64. The van der Waals surface area contributed by atoms with Crippen molar-refractivity contribution in [3.63, 3.8) is 0 Å². The number of ether oxygens (including phenoxy) is 3. The zero-order valence-corrected chi connectivity index (χ0v) is 36.4. The molecule has 13 heteroatoms. The minimum atomic E-state index is -4.75. The number of hydrogen-bond acceptors (Lipinski definition) is 10. The third-order valence-corrected chi connectivity index (χ3v) is 9.69. The molecule has 1 rings (SSSR count). The number of hydrogen-bond donors (Lipinski definition) is 3. The zero-order valence-electron chi connectivity index (χ0n) is 35.5. The third-order valence-electron chi connectivity index (χ3n) is 8.74. The number of phosphoric ester groups is 1. The molecule has 0 spiro atoms. The standard InChI is InChI=1S/C46H72NO11P/c1-3-5-7-8-9-10-11-12-13-14-15-16-17-22-25-28-32-36-45(49)57-40(38-55-59(52,53)56-39-41(47)46(50)51)37-54-44(48)35-31-27-24-21-19-18-20-23-26-30-34-43-42(58-43)33-29-6-4-2/h5,7,9-10,12-13,15-16,18,20-22,24-26,30,40-43H,3-4,6,8,11,14,17,19,23,27-29,31-39,47H2,1-2H3,(H,50,51)(H,52,53)/b7-5-,10-9-,13-12-,16-15-,20-18-,24-21-,25-22-,30-26-/t40-,41+,42?,43?/m1/s1. The molecule has 1 heterocycles. The number of carboxylic acid groups (broad SMARTS) is 1. The number of esters is 2. The summed E-state index contributed by atoms with van der Waals surface area (Å²) >= 11 is 0. The fourth-order valence-corrected chi connectivity index (χ4v) is 6.08. The van der Waals surface area contributed by atoms with Crippen molar-refractivity contribution in [3.8, 4) is 0 Å². The summed E-state index contributed by atoms with van der Waals surface area (Å²) in [6.45, 7) is 2.51. The molecule has 12 nitrogen and oxygen atoms in total. The van der Waals surface area contributed by atoms with Gasteiger partial charge in [0.15, 0.2) is 6.10 Å². The van der Waals surface area contributed by atoms with E-state index in [1.165, 1.54) is 25.7 Å². The molecule has 1 aliphatic heterocycles. The number of rotatable bonds is 37. The average molecular weight is 846 g/mol. The summed E-state index contributed by atoms with van der Waals surface area (Å²) in [6, 6.07) is -1.55. The lowest BCUT2D eigenvalue weighted by molar-refractivity contribution is -0.161. The van der Waals surface area contributed by atoms with Gasteiger partial charge in [-0.3, -0.25) is 23.4 Å². The van der Waals surface area contributed by atoms with Gasteiger partial charge in [-0.1, -0.05) is 130 Å². The molecule has 5 atom stereocenters. The van der Waals surface area contributed by atoms with Gasteiger partial charge in [0, 0.05) is 12.8 Å². The second kappa shape index (κ2) is 36.2. The van der Waals surface area contributed by atoms with Gasteiger partial charge in [-0.25, -0.2) is 4.57 Å². The van der Waals surface area contributed by atoms with Gasteiger partial charge in [-0.2, -0.15) is 0 Å². The number of unbranched alkanes of at least 4 members (excludes halogenated alkanes) is 4. The maximum absolute atomic E-state index is 12.6. The molecule has 59 heavy (non-hydrogen) atoms. The maximum Gasteiger partial charge on any atom is 0.472 e. The van der Waals surface area contributed by atoms with Crippen LogP contribution in [0.2, 0.25) is 0 Å². The number of epoxide rings is 1. The Labute approximate surface area is 353 Å². The second-order valence-electron chi connectivity index (χ2n) is 14.1. The van der Waals surface area contributed by atoms with Gasteiger partial charge in [0.1, 0.15) is 12.6 Å². The molecule has 0 radical (unpaired) electrons. The smallest absolute Gasteiger partial charge is 0.472 e. The van der Waals surface area contributed by atoms with Gasteiger partial charge in [0.05, 0.1) is 25.4 Å². The van der Waals surface area contributed by atoms with Crippen molar-refractivity contribution in [1.82, 2.24) is 0 Å². The molecule has 0 bridgehead atoms. The van der Waals surface area contributed by atoms with Crippen molar-refractivity contribution in [2.75, 3.05) is 19.8 Å². The fourth-order valence-electron chi connectivity index (χ4n) is 5.30. The van der Waals surface area contributed by atoms with Crippen molar-refractivity contribution in [1.29, 1.82) is 0 Å². The molecular formula is C46H72NO11P. The number of carbonyl (C=O) groups excluding carboxylic acids is 2. The van der Waals surface area contributed by atoms with Gasteiger partial charge >= 0.3 is 25.7 Å². The van der Waals surface area contributed by atoms with Gasteiger partial charge in [0.25, 0.3) is 0 Å². The molecule has 0 saturated carbocycles. The van der Waals surface area contributed by atoms with E-state index < -0.39 is 57.7 Å². The molecule has 0 amide bonds. The van der Waals surface area contributed by atoms with E-state index in [1.54, 1.807) is 0 Å². The van der Waals surface area contributed by atoms with Crippen LogP contribution in [0.1, 0.15) is 129 Å². The molecule has 0 aromatic rings. The van der Waals surface area contributed by atoms with Crippen molar-refractivity contribution in [2.24, 2.45) is 5.73 Å². The molecule has 1 fully saturated rings. The lowest BCUT2D eigenvalue weighted by Crippen LogP contribution is -2.34. The van der Waals surface area contributed by atoms with Crippen molar-refractivity contribution >= 4 is 25.7 Å². The van der Waals surface area contributed by atoms with Crippen LogP contribution in [0, 0.1) is 0 Å². The lowest BCUT2D eigenvalue weighted by atomic mass is 10.1. The maximum atomic E-state index is 12.6.